The van der Waals surface area contributed by atoms with Crippen LogP contribution in [0.5, 0.6) is 0 Å². The normalized spacial score (nSPS) is 29.1. The molecule has 3 aliphatic rings. The second-order valence-electron chi connectivity index (χ2n) is 7.77. The Morgan fingerprint density at radius 3 is 2.58 bits per heavy atom. The quantitative estimate of drug-likeness (QED) is 0.806. The molecule has 0 unspecified atom stereocenters. The van der Waals surface area contributed by atoms with Crippen molar-refractivity contribution in [1.82, 2.24) is 10.2 Å². The molecule has 26 heavy (non-hydrogen) atoms. The highest BCUT2D eigenvalue weighted by atomic mass is 16.2. The third-order valence-electron chi connectivity index (χ3n) is 6.11. The Balaban J connectivity index is 1.29. The maximum atomic E-state index is 12.7. The van der Waals surface area contributed by atoms with Gasteiger partial charge in [0.05, 0.1) is 12.5 Å². The number of hydrogen-bond donors (Lipinski definition) is 2. The minimum absolute atomic E-state index is 0.0458. The largest absolute Gasteiger partial charge is 0.368 e. The van der Waals surface area contributed by atoms with Crippen molar-refractivity contribution in [2.75, 3.05) is 31.1 Å². The number of quaternary nitrogens is 1. The van der Waals surface area contributed by atoms with Gasteiger partial charge in [-0.2, -0.15) is 0 Å². The first-order chi connectivity index (χ1) is 12.7. The monoisotopic (exact) mass is 357 g/mol. The first kappa shape index (κ1) is 17.3. The van der Waals surface area contributed by atoms with Crippen molar-refractivity contribution >= 4 is 17.5 Å². The summed E-state index contributed by atoms with van der Waals surface area (Å²) < 4.78 is 0. The molecule has 0 bridgehead atoms. The van der Waals surface area contributed by atoms with Crippen LogP contribution in [0, 0.1) is 0 Å². The Kier molecular flexibility index (Phi) is 5.11. The smallest absolute Gasteiger partial charge is 0.279 e. The number of nitrogens with zero attached hydrogens (tertiary/aromatic N) is 2. The van der Waals surface area contributed by atoms with Crippen LogP contribution in [-0.2, 0) is 9.59 Å². The van der Waals surface area contributed by atoms with Gasteiger partial charge in [-0.25, -0.2) is 0 Å². The second-order valence-corrected chi connectivity index (χ2v) is 7.77. The molecule has 2 heterocycles. The minimum Gasteiger partial charge on any atom is -0.368 e. The van der Waals surface area contributed by atoms with Crippen molar-refractivity contribution in [3.8, 4) is 0 Å². The van der Waals surface area contributed by atoms with Crippen LogP contribution < -0.4 is 15.5 Å². The molecule has 3 fully saturated rings. The summed E-state index contributed by atoms with van der Waals surface area (Å²) in [6.07, 6.45) is 4.97. The van der Waals surface area contributed by atoms with E-state index in [0.29, 0.717) is 18.5 Å². The van der Waals surface area contributed by atoms with Gasteiger partial charge in [-0.1, -0.05) is 24.6 Å². The van der Waals surface area contributed by atoms with E-state index >= 15 is 0 Å². The fraction of sp³-hybridized carbons (Fsp3) is 0.600. The molecule has 1 saturated carbocycles. The van der Waals surface area contributed by atoms with Gasteiger partial charge < -0.3 is 20.4 Å². The number of para-hydroxylation sites is 1. The van der Waals surface area contributed by atoms with E-state index in [1.54, 1.807) is 0 Å². The van der Waals surface area contributed by atoms with E-state index < -0.39 is 0 Å². The van der Waals surface area contributed by atoms with E-state index in [4.69, 9.17) is 0 Å². The highest BCUT2D eigenvalue weighted by Gasteiger charge is 2.41. The molecule has 2 amide bonds. The lowest BCUT2D eigenvalue weighted by Crippen LogP contribution is -3.03. The lowest BCUT2D eigenvalue weighted by Gasteiger charge is -2.39. The van der Waals surface area contributed by atoms with Gasteiger partial charge in [0, 0.05) is 38.3 Å². The zero-order valence-electron chi connectivity index (χ0n) is 15.3. The fourth-order valence-electron chi connectivity index (χ4n) is 4.58. The number of fused-ring (bicyclic) bond motifs is 1. The third-order valence-corrected chi connectivity index (χ3v) is 6.11. The highest BCUT2D eigenvalue weighted by molar-refractivity contribution is 5.87. The first-order valence-electron chi connectivity index (χ1n) is 9.94. The Morgan fingerprint density at radius 1 is 1.08 bits per heavy atom. The van der Waals surface area contributed by atoms with E-state index in [1.807, 2.05) is 23.1 Å². The number of nitrogens with two attached hydrogens (primary N) is 1. The number of amides is 2. The van der Waals surface area contributed by atoms with Crippen molar-refractivity contribution in [3.63, 3.8) is 0 Å². The Hall–Kier alpha value is -2.08. The molecule has 2 aliphatic heterocycles. The van der Waals surface area contributed by atoms with Crippen LogP contribution in [0.15, 0.2) is 30.3 Å². The SMILES string of the molecule is O=C1N[C@H]2CCCC[C@@H]2[NH2+][C@@H]1CC(=O)N1CCN(c2ccccc2)CC1. The lowest BCUT2D eigenvalue weighted by atomic mass is 9.87. The van der Waals surface area contributed by atoms with Gasteiger partial charge in [-0.15, -0.1) is 0 Å². The standard InChI is InChI=1S/C20H28N4O2/c25-19(14-18-20(26)22-17-9-5-4-8-16(17)21-18)24-12-10-23(11-13-24)15-6-2-1-3-7-15/h1-3,6-7,16-18,21H,4-5,8-14H2,(H,22,26)/p+1/t16-,17-,18+/m0/s1. The van der Waals surface area contributed by atoms with Gasteiger partial charge in [0.1, 0.15) is 6.04 Å². The number of rotatable bonds is 3. The average Bonchev–Trinajstić information content (AvgIpc) is 2.69. The summed E-state index contributed by atoms with van der Waals surface area (Å²) in [4.78, 5) is 29.3. The van der Waals surface area contributed by atoms with E-state index in [0.717, 1.165) is 39.0 Å². The average molecular weight is 357 g/mol. The van der Waals surface area contributed by atoms with Crippen LogP contribution in [-0.4, -0.2) is 61.0 Å². The van der Waals surface area contributed by atoms with E-state index in [1.165, 1.54) is 18.5 Å². The maximum Gasteiger partial charge on any atom is 0.279 e. The molecular formula is C20H29N4O2+. The van der Waals surface area contributed by atoms with Crippen LogP contribution in [0.1, 0.15) is 32.1 Å². The Morgan fingerprint density at radius 2 is 1.81 bits per heavy atom. The number of hydrogen-bond acceptors (Lipinski definition) is 3. The maximum absolute atomic E-state index is 12.7. The summed E-state index contributed by atoms with van der Waals surface area (Å²) in [6.45, 7) is 3.16. The molecule has 3 atom stereocenters. The summed E-state index contributed by atoms with van der Waals surface area (Å²) in [5.41, 5.74) is 1.21. The van der Waals surface area contributed by atoms with Gasteiger partial charge in [-0.3, -0.25) is 9.59 Å². The summed E-state index contributed by atoms with van der Waals surface area (Å²) in [5.74, 6) is 0.160. The van der Waals surface area contributed by atoms with E-state index in [9.17, 15) is 9.59 Å². The van der Waals surface area contributed by atoms with Crippen molar-refractivity contribution in [3.05, 3.63) is 30.3 Å². The van der Waals surface area contributed by atoms with Crippen molar-refractivity contribution in [1.29, 1.82) is 0 Å². The van der Waals surface area contributed by atoms with Crippen LogP contribution in [0.2, 0.25) is 0 Å². The Labute approximate surface area is 154 Å². The predicted octanol–water partition coefficient (Wildman–Crippen LogP) is 0.0983. The number of piperazine rings is 2. The van der Waals surface area contributed by atoms with Crippen LogP contribution in [0.25, 0.3) is 0 Å². The van der Waals surface area contributed by atoms with Gasteiger partial charge in [0.15, 0.2) is 6.04 Å². The van der Waals surface area contributed by atoms with Crippen LogP contribution in [0.4, 0.5) is 5.69 Å². The predicted molar refractivity (Wildman–Crippen MR) is 99.8 cm³/mol. The van der Waals surface area contributed by atoms with Crippen molar-refractivity contribution in [2.24, 2.45) is 0 Å². The Bertz CT molecular complexity index is 642. The summed E-state index contributed by atoms with van der Waals surface area (Å²) in [5, 5.41) is 5.32. The molecule has 2 saturated heterocycles. The van der Waals surface area contributed by atoms with Crippen molar-refractivity contribution in [2.45, 2.75) is 50.2 Å². The summed E-state index contributed by atoms with van der Waals surface area (Å²) in [6, 6.07) is 10.8. The molecule has 6 heteroatoms. The topological polar surface area (TPSA) is 69.3 Å². The second kappa shape index (κ2) is 7.66. The molecule has 0 spiro atoms. The molecule has 0 aromatic heterocycles. The molecule has 0 radical (unpaired) electrons. The summed E-state index contributed by atoms with van der Waals surface area (Å²) >= 11 is 0. The molecule has 140 valence electrons. The molecule has 1 aromatic rings. The van der Waals surface area contributed by atoms with Gasteiger partial charge in [0.2, 0.25) is 5.91 Å². The van der Waals surface area contributed by atoms with Gasteiger partial charge >= 0.3 is 0 Å². The molecule has 6 nitrogen and oxygen atoms in total. The van der Waals surface area contributed by atoms with Crippen LogP contribution in [0.3, 0.4) is 0 Å². The van der Waals surface area contributed by atoms with Gasteiger partial charge in [0.25, 0.3) is 5.91 Å². The minimum atomic E-state index is -0.256. The number of nitrogens with one attached hydrogen (secondary N) is 1. The van der Waals surface area contributed by atoms with Gasteiger partial charge in [-0.05, 0) is 25.0 Å². The molecule has 1 aliphatic carbocycles. The number of anilines is 1. The van der Waals surface area contributed by atoms with Crippen LogP contribution >= 0.6 is 0 Å². The first-order valence-corrected chi connectivity index (χ1v) is 9.94. The van der Waals surface area contributed by atoms with E-state index in [-0.39, 0.29) is 17.9 Å². The number of carbonyl (C=O) groups is 2. The van der Waals surface area contributed by atoms with E-state index in [2.05, 4.69) is 27.7 Å². The molecule has 3 N–H and O–H groups in total. The zero-order valence-corrected chi connectivity index (χ0v) is 15.3. The lowest BCUT2D eigenvalue weighted by molar-refractivity contribution is -0.718. The molecular weight excluding hydrogens is 328 g/mol. The third kappa shape index (κ3) is 3.70. The number of carbonyl (C=O) groups excluding carboxylic acids is 2. The summed E-state index contributed by atoms with van der Waals surface area (Å²) in [7, 11) is 0. The fourth-order valence-corrected chi connectivity index (χ4v) is 4.58. The highest BCUT2D eigenvalue weighted by Crippen LogP contribution is 2.19. The number of benzene rings is 1. The van der Waals surface area contributed by atoms with Crippen molar-refractivity contribution < 1.29 is 14.9 Å². The molecule has 4 rings (SSSR count). The zero-order chi connectivity index (χ0) is 17.9. The molecule has 1 aromatic carbocycles.